The molecule has 5 heteroatoms. The minimum Gasteiger partial charge on any atom is -0.441 e. The molecule has 1 atom stereocenters. The standard InChI is InChI=1S/C14H18N2O3/c1-15-5-4-10-6-12(3-2-11(10)7-15)16-8-13(9-17)19-14(16)18/h2-3,6,13,17H,4-5,7-9H2,1H3/t13-/m0/s1. The Morgan fingerprint density at radius 2 is 2.26 bits per heavy atom. The first-order valence-electron chi connectivity index (χ1n) is 6.56. The van der Waals surface area contributed by atoms with Crippen molar-refractivity contribution in [2.45, 2.75) is 19.1 Å². The first kappa shape index (κ1) is 12.4. The van der Waals surface area contributed by atoms with Crippen molar-refractivity contribution < 1.29 is 14.6 Å². The van der Waals surface area contributed by atoms with E-state index in [9.17, 15) is 4.79 Å². The number of benzene rings is 1. The van der Waals surface area contributed by atoms with Crippen LogP contribution in [-0.2, 0) is 17.7 Å². The smallest absolute Gasteiger partial charge is 0.414 e. The molecule has 1 saturated heterocycles. The number of hydrogen-bond acceptors (Lipinski definition) is 4. The number of likely N-dealkylation sites (N-methyl/N-ethyl adjacent to an activating group) is 1. The Balaban J connectivity index is 1.85. The van der Waals surface area contributed by atoms with Crippen LogP contribution < -0.4 is 4.90 Å². The van der Waals surface area contributed by atoms with Gasteiger partial charge in [0.25, 0.3) is 0 Å². The molecule has 1 aromatic carbocycles. The van der Waals surface area contributed by atoms with Gasteiger partial charge in [0.15, 0.2) is 0 Å². The fraction of sp³-hybridized carbons (Fsp3) is 0.500. The summed E-state index contributed by atoms with van der Waals surface area (Å²) in [5.74, 6) is 0. The molecular weight excluding hydrogens is 244 g/mol. The second kappa shape index (κ2) is 4.83. The fourth-order valence-corrected chi connectivity index (χ4v) is 2.68. The quantitative estimate of drug-likeness (QED) is 0.863. The molecule has 0 bridgehead atoms. The summed E-state index contributed by atoms with van der Waals surface area (Å²) >= 11 is 0. The van der Waals surface area contributed by atoms with Gasteiger partial charge >= 0.3 is 6.09 Å². The van der Waals surface area contributed by atoms with Crippen LogP contribution in [0.2, 0.25) is 0 Å². The Kier molecular flexibility index (Phi) is 3.16. The summed E-state index contributed by atoms with van der Waals surface area (Å²) in [5.41, 5.74) is 3.49. The highest BCUT2D eigenvalue weighted by Gasteiger charge is 2.32. The van der Waals surface area contributed by atoms with Gasteiger partial charge in [-0.15, -0.1) is 0 Å². The van der Waals surface area contributed by atoms with E-state index in [0.717, 1.165) is 25.2 Å². The van der Waals surface area contributed by atoms with Crippen molar-refractivity contribution in [1.29, 1.82) is 0 Å². The van der Waals surface area contributed by atoms with E-state index in [1.807, 2.05) is 6.07 Å². The predicted molar refractivity (Wildman–Crippen MR) is 71.2 cm³/mol. The van der Waals surface area contributed by atoms with Crippen LogP contribution in [0, 0.1) is 0 Å². The van der Waals surface area contributed by atoms with Gasteiger partial charge in [-0.1, -0.05) is 6.07 Å². The highest BCUT2D eigenvalue weighted by molar-refractivity contribution is 5.89. The summed E-state index contributed by atoms with van der Waals surface area (Å²) in [4.78, 5) is 15.6. The van der Waals surface area contributed by atoms with Gasteiger partial charge in [0.1, 0.15) is 6.10 Å². The lowest BCUT2D eigenvalue weighted by Crippen LogP contribution is -2.28. The van der Waals surface area contributed by atoms with E-state index in [2.05, 4.69) is 24.1 Å². The number of amides is 1. The number of ether oxygens (including phenoxy) is 1. The third-order valence-corrected chi connectivity index (χ3v) is 3.78. The van der Waals surface area contributed by atoms with Crippen LogP contribution in [0.25, 0.3) is 0 Å². The molecule has 0 aromatic heterocycles. The summed E-state index contributed by atoms with van der Waals surface area (Å²) in [6, 6.07) is 6.11. The van der Waals surface area contributed by atoms with Gasteiger partial charge in [-0.2, -0.15) is 0 Å². The molecule has 1 N–H and O–H groups in total. The Bertz CT molecular complexity index is 503. The topological polar surface area (TPSA) is 53.0 Å². The maximum Gasteiger partial charge on any atom is 0.414 e. The molecule has 0 radical (unpaired) electrons. The molecule has 0 spiro atoms. The Hall–Kier alpha value is -1.59. The number of rotatable bonds is 2. The van der Waals surface area contributed by atoms with E-state index in [0.29, 0.717) is 6.54 Å². The zero-order valence-electron chi connectivity index (χ0n) is 11.0. The number of carbonyl (C=O) groups is 1. The van der Waals surface area contributed by atoms with Crippen LogP contribution >= 0.6 is 0 Å². The molecule has 102 valence electrons. The summed E-state index contributed by atoms with van der Waals surface area (Å²) < 4.78 is 5.07. The van der Waals surface area contributed by atoms with Gasteiger partial charge in [0.2, 0.25) is 0 Å². The maximum atomic E-state index is 11.7. The molecule has 19 heavy (non-hydrogen) atoms. The summed E-state index contributed by atoms with van der Waals surface area (Å²) in [5, 5.41) is 9.06. The first-order valence-corrected chi connectivity index (χ1v) is 6.56. The number of fused-ring (bicyclic) bond motifs is 1. The third-order valence-electron chi connectivity index (χ3n) is 3.78. The molecule has 3 rings (SSSR count). The van der Waals surface area contributed by atoms with Crippen molar-refractivity contribution in [1.82, 2.24) is 4.90 Å². The van der Waals surface area contributed by atoms with Gasteiger partial charge in [0.05, 0.1) is 13.2 Å². The van der Waals surface area contributed by atoms with Crippen molar-refractivity contribution in [2.24, 2.45) is 0 Å². The van der Waals surface area contributed by atoms with Crippen LogP contribution in [0.4, 0.5) is 10.5 Å². The largest absolute Gasteiger partial charge is 0.441 e. The lowest BCUT2D eigenvalue weighted by molar-refractivity contribution is 0.0963. The molecule has 0 aliphatic carbocycles. The lowest BCUT2D eigenvalue weighted by atomic mass is 9.99. The second-order valence-corrected chi connectivity index (χ2v) is 5.24. The molecule has 2 aliphatic heterocycles. The normalized spacial score (nSPS) is 23.4. The predicted octanol–water partition coefficient (Wildman–Crippen LogP) is 0.992. The van der Waals surface area contributed by atoms with Gasteiger partial charge in [-0.05, 0) is 36.7 Å². The highest BCUT2D eigenvalue weighted by Crippen LogP contribution is 2.27. The monoisotopic (exact) mass is 262 g/mol. The van der Waals surface area contributed by atoms with Gasteiger partial charge in [-0.3, -0.25) is 4.90 Å². The number of hydrogen-bond donors (Lipinski definition) is 1. The average Bonchev–Trinajstić information content (AvgIpc) is 2.79. The number of aliphatic hydroxyl groups excluding tert-OH is 1. The van der Waals surface area contributed by atoms with Crippen molar-refractivity contribution in [3.63, 3.8) is 0 Å². The van der Waals surface area contributed by atoms with Crippen molar-refractivity contribution in [3.8, 4) is 0 Å². The number of carbonyl (C=O) groups excluding carboxylic acids is 1. The molecule has 0 saturated carbocycles. The van der Waals surface area contributed by atoms with Gasteiger partial charge in [-0.25, -0.2) is 4.79 Å². The van der Waals surface area contributed by atoms with Crippen molar-refractivity contribution in [2.75, 3.05) is 31.6 Å². The van der Waals surface area contributed by atoms with Crippen molar-refractivity contribution >= 4 is 11.8 Å². The Morgan fingerprint density at radius 1 is 1.42 bits per heavy atom. The molecular formula is C14H18N2O3. The van der Waals surface area contributed by atoms with Gasteiger partial charge < -0.3 is 14.7 Å². The summed E-state index contributed by atoms with van der Waals surface area (Å²) in [6.07, 6.45) is 0.230. The van der Waals surface area contributed by atoms with E-state index >= 15 is 0 Å². The zero-order valence-corrected chi connectivity index (χ0v) is 11.0. The maximum absolute atomic E-state index is 11.7. The summed E-state index contributed by atoms with van der Waals surface area (Å²) in [7, 11) is 2.11. The zero-order chi connectivity index (χ0) is 13.4. The third kappa shape index (κ3) is 2.31. The minimum atomic E-state index is -0.408. The van der Waals surface area contributed by atoms with Crippen LogP contribution in [-0.4, -0.2) is 48.9 Å². The second-order valence-electron chi connectivity index (χ2n) is 5.24. The van der Waals surface area contributed by atoms with Crippen LogP contribution in [0.5, 0.6) is 0 Å². The molecule has 0 unspecified atom stereocenters. The number of aliphatic hydroxyl groups is 1. The number of cyclic esters (lactones) is 1. The van der Waals surface area contributed by atoms with E-state index < -0.39 is 6.10 Å². The molecule has 2 aliphatic rings. The fourth-order valence-electron chi connectivity index (χ4n) is 2.68. The number of nitrogens with zero attached hydrogens (tertiary/aromatic N) is 2. The van der Waals surface area contributed by atoms with E-state index in [-0.39, 0.29) is 12.7 Å². The molecule has 1 aromatic rings. The molecule has 5 nitrogen and oxygen atoms in total. The van der Waals surface area contributed by atoms with Crippen LogP contribution in [0.1, 0.15) is 11.1 Å². The Labute approximate surface area is 112 Å². The van der Waals surface area contributed by atoms with E-state index in [1.54, 1.807) is 4.90 Å². The SMILES string of the molecule is CN1CCc2cc(N3C[C@@H](CO)OC3=O)ccc2C1. The highest BCUT2D eigenvalue weighted by atomic mass is 16.6. The van der Waals surface area contributed by atoms with Gasteiger partial charge in [0, 0.05) is 18.8 Å². The van der Waals surface area contributed by atoms with Crippen molar-refractivity contribution in [3.05, 3.63) is 29.3 Å². The van der Waals surface area contributed by atoms with E-state index in [1.165, 1.54) is 11.1 Å². The van der Waals surface area contributed by atoms with E-state index in [4.69, 9.17) is 9.84 Å². The lowest BCUT2D eigenvalue weighted by Gasteiger charge is -2.26. The molecule has 1 amide bonds. The minimum absolute atomic E-state index is 0.127. The molecule has 2 heterocycles. The average molecular weight is 262 g/mol. The Morgan fingerprint density at radius 3 is 3.00 bits per heavy atom. The molecule has 1 fully saturated rings. The van der Waals surface area contributed by atoms with Crippen LogP contribution in [0.15, 0.2) is 18.2 Å². The number of anilines is 1. The van der Waals surface area contributed by atoms with Crippen LogP contribution in [0.3, 0.4) is 0 Å². The first-order chi connectivity index (χ1) is 9.17. The summed E-state index contributed by atoms with van der Waals surface area (Å²) in [6.45, 7) is 2.30.